The van der Waals surface area contributed by atoms with Gasteiger partial charge in [-0.1, -0.05) is 97.1 Å². The molecule has 0 aliphatic heterocycles. The van der Waals surface area contributed by atoms with Crippen LogP contribution in [0.3, 0.4) is 0 Å². The van der Waals surface area contributed by atoms with Crippen molar-refractivity contribution < 1.29 is 4.42 Å². The van der Waals surface area contributed by atoms with E-state index < -0.39 is 0 Å². The van der Waals surface area contributed by atoms with Crippen LogP contribution < -0.4 is 0 Å². The van der Waals surface area contributed by atoms with Crippen molar-refractivity contribution in [3.63, 3.8) is 0 Å². The maximum Gasteiger partial charge on any atom is 0.137 e. The molecule has 0 atom stereocenters. The van der Waals surface area contributed by atoms with Crippen molar-refractivity contribution in [2.24, 2.45) is 0 Å². The van der Waals surface area contributed by atoms with Gasteiger partial charge in [0.15, 0.2) is 0 Å². The average Bonchev–Trinajstić information content (AvgIpc) is 3.73. The number of hydrogen-bond donors (Lipinski definition) is 0. The monoisotopic (exact) mass is 548 g/mol. The molecule has 7 aromatic carbocycles. The lowest BCUT2D eigenvalue weighted by Gasteiger charge is -2.11. The summed E-state index contributed by atoms with van der Waals surface area (Å²) in [6.07, 6.45) is 0. The van der Waals surface area contributed by atoms with E-state index in [0.29, 0.717) is 0 Å². The fourth-order valence-corrected chi connectivity index (χ4v) is 7.37. The molecule has 10 aromatic rings. The molecule has 10 rings (SSSR count). The van der Waals surface area contributed by atoms with Crippen molar-refractivity contribution in [2.45, 2.75) is 0 Å². The van der Waals surface area contributed by atoms with E-state index in [4.69, 9.17) is 4.42 Å². The number of aromatic nitrogens is 2. The van der Waals surface area contributed by atoms with Crippen molar-refractivity contribution in [3.8, 4) is 11.4 Å². The van der Waals surface area contributed by atoms with E-state index in [-0.39, 0.29) is 0 Å². The highest BCUT2D eigenvalue weighted by Crippen LogP contribution is 2.45. The largest absolute Gasteiger partial charge is 0.456 e. The molecule has 0 radical (unpaired) electrons. The Bertz CT molecular complexity index is 2720. The van der Waals surface area contributed by atoms with E-state index in [0.717, 1.165) is 33.3 Å². The third-order valence-electron chi connectivity index (χ3n) is 9.09. The molecule has 0 bridgehead atoms. The molecule has 0 fully saturated rings. The van der Waals surface area contributed by atoms with Crippen LogP contribution in [0.25, 0.3) is 87.7 Å². The number of furan rings is 1. The van der Waals surface area contributed by atoms with Crippen LogP contribution in [0, 0.1) is 0 Å². The second-order valence-corrected chi connectivity index (χ2v) is 11.3. The lowest BCUT2D eigenvalue weighted by Crippen LogP contribution is -1.96. The number of rotatable bonds is 2. The van der Waals surface area contributed by atoms with Gasteiger partial charge in [-0.25, -0.2) is 0 Å². The highest BCUT2D eigenvalue weighted by atomic mass is 16.3. The number of para-hydroxylation sites is 3. The van der Waals surface area contributed by atoms with Crippen LogP contribution >= 0.6 is 0 Å². The van der Waals surface area contributed by atoms with E-state index >= 15 is 0 Å². The molecule has 3 nitrogen and oxygen atoms in total. The Morgan fingerprint density at radius 2 is 1.07 bits per heavy atom. The van der Waals surface area contributed by atoms with E-state index in [9.17, 15) is 0 Å². The van der Waals surface area contributed by atoms with E-state index in [1.54, 1.807) is 0 Å². The standard InChI is InChI=1S/C40H24N2O/c1-2-12-26(13-3-1)41-33-23-21-25-11-4-5-14-27(25)38(33)39-34(41)24-22-29-28-15-6-8-17-31(28)42(40(29)39)32-18-10-20-36-37(32)30-16-7-9-19-35(30)43-36/h1-24H. The second-order valence-electron chi connectivity index (χ2n) is 11.3. The van der Waals surface area contributed by atoms with E-state index in [2.05, 4.69) is 149 Å². The average molecular weight is 549 g/mol. The first-order chi connectivity index (χ1) is 21.4. The van der Waals surface area contributed by atoms with E-state index in [1.807, 2.05) is 6.07 Å². The molecule has 0 aliphatic rings. The molecule has 0 saturated heterocycles. The van der Waals surface area contributed by atoms with Gasteiger partial charge >= 0.3 is 0 Å². The summed E-state index contributed by atoms with van der Waals surface area (Å²) in [7, 11) is 0. The van der Waals surface area contributed by atoms with Gasteiger partial charge in [-0.2, -0.15) is 0 Å². The van der Waals surface area contributed by atoms with Gasteiger partial charge in [-0.15, -0.1) is 0 Å². The van der Waals surface area contributed by atoms with Gasteiger partial charge in [0, 0.05) is 32.6 Å². The molecular formula is C40H24N2O. The zero-order valence-electron chi connectivity index (χ0n) is 23.2. The summed E-state index contributed by atoms with van der Waals surface area (Å²) in [5.74, 6) is 0. The topological polar surface area (TPSA) is 23.0 Å². The van der Waals surface area contributed by atoms with Crippen LogP contribution in [0.5, 0.6) is 0 Å². The third-order valence-corrected chi connectivity index (χ3v) is 9.09. The summed E-state index contributed by atoms with van der Waals surface area (Å²) in [4.78, 5) is 0. The lowest BCUT2D eigenvalue weighted by atomic mass is 10.0. The summed E-state index contributed by atoms with van der Waals surface area (Å²) in [5, 5.41) is 9.78. The Hall–Kier alpha value is -5.80. The van der Waals surface area contributed by atoms with Crippen LogP contribution in [0.4, 0.5) is 0 Å². The summed E-state index contributed by atoms with van der Waals surface area (Å²) < 4.78 is 11.3. The molecule has 0 aliphatic carbocycles. The number of hydrogen-bond acceptors (Lipinski definition) is 1. The molecule has 200 valence electrons. The Morgan fingerprint density at radius 3 is 1.98 bits per heavy atom. The Balaban J connectivity index is 1.51. The number of fused-ring (bicyclic) bond motifs is 12. The Morgan fingerprint density at radius 1 is 0.372 bits per heavy atom. The molecule has 0 unspecified atom stereocenters. The van der Waals surface area contributed by atoms with Crippen LogP contribution in [0.1, 0.15) is 0 Å². The number of nitrogens with zero attached hydrogens (tertiary/aromatic N) is 2. The van der Waals surface area contributed by atoms with Gasteiger partial charge in [0.05, 0.1) is 33.1 Å². The van der Waals surface area contributed by atoms with E-state index in [1.165, 1.54) is 54.4 Å². The minimum absolute atomic E-state index is 0.897. The highest BCUT2D eigenvalue weighted by molar-refractivity contribution is 6.31. The van der Waals surface area contributed by atoms with Crippen LogP contribution in [0.15, 0.2) is 150 Å². The van der Waals surface area contributed by atoms with Gasteiger partial charge in [0.25, 0.3) is 0 Å². The quantitative estimate of drug-likeness (QED) is 0.211. The smallest absolute Gasteiger partial charge is 0.137 e. The van der Waals surface area contributed by atoms with Crippen molar-refractivity contribution in [2.75, 3.05) is 0 Å². The van der Waals surface area contributed by atoms with Gasteiger partial charge in [-0.05, 0) is 59.3 Å². The zero-order chi connectivity index (χ0) is 28.1. The molecule has 3 heterocycles. The molecular weight excluding hydrogens is 524 g/mol. The van der Waals surface area contributed by atoms with Crippen molar-refractivity contribution >= 4 is 76.3 Å². The first kappa shape index (κ1) is 22.8. The van der Waals surface area contributed by atoms with Crippen molar-refractivity contribution in [1.29, 1.82) is 0 Å². The maximum absolute atomic E-state index is 6.38. The molecule has 0 amide bonds. The normalized spacial score (nSPS) is 12.2. The summed E-state index contributed by atoms with van der Waals surface area (Å²) in [5.41, 5.74) is 8.88. The SMILES string of the molecule is c1ccc(-n2c3ccc4ccccc4c3c3c2ccc2c4ccccc4n(-c4cccc5oc6ccccc6c45)c23)cc1. The highest BCUT2D eigenvalue weighted by Gasteiger charge is 2.23. The van der Waals surface area contributed by atoms with Gasteiger partial charge in [0.2, 0.25) is 0 Å². The minimum Gasteiger partial charge on any atom is -0.456 e. The number of benzene rings is 7. The summed E-state index contributed by atoms with van der Waals surface area (Å²) in [6.45, 7) is 0. The summed E-state index contributed by atoms with van der Waals surface area (Å²) >= 11 is 0. The zero-order valence-corrected chi connectivity index (χ0v) is 23.2. The van der Waals surface area contributed by atoms with Crippen LogP contribution in [0.2, 0.25) is 0 Å². The van der Waals surface area contributed by atoms with Crippen LogP contribution in [-0.2, 0) is 0 Å². The maximum atomic E-state index is 6.38. The molecule has 0 saturated carbocycles. The predicted octanol–water partition coefficient (Wildman–Crippen LogP) is 10.9. The van der Waals surface area contributed by atoms with Crippen LogP contribution in [-0.4, -0.2) is 9.13 Å². The second kappa shape index (κ2) is 8.37. The molecule has 43 heavy (non-hydrogen) atoms. The Labute approximate surface area is 246 Å². The Kier molecular flexibility index (Phi) is 4.45. The third kappa shape index (κ3) is 2.98. The first-order valence-electron chi connectivity index (χ1n) is 14.7. The summed E-state index contributed by atoms with van der Waals surface area (Å²) in [6, 6.07) is 52.2. The molecule has 3 heteroatoms. The van der Waals surface area contributed by atoms with Crippen molar-refractivity contribution in [3.05, 3.63) is 146 Å². The van der Waals surface area contributed by atoms with Gasteiger partial charge in [0.1, 0.15) is 11.2 Å². The molecule has 3 aromatic heterocycles. The predicted molar refractivity (Wildman–Crippen MR) is 180 cm³/mol. The fourth-order valence-electron chi connectivity index (χ4n) is 7.37. The first-order valence-corrected chi connectivity index (χ1v) is 14.7. The molecule has 0 N–H and O–H groups in total. The fraction of sp³-hybridized carbons (Fsp3) is 0. The van der Waals surface area contributed by atoms with Gasteiger partial charge < -0.3 is 13.6 Å². The minimum atomic E-state index is 0.897. The molecule has 0 spiro atoms. The lowest BCUT2D eigenvalue weighted by molar-refractivity contribution is 0.669. The van der Waals surface area contributed by atoms with Gasteiger partial charge in [-0.3, -0.25) is 0 Å². The van der Waals surface area contributed by atoms with Crippen molar-refractivity contribution in [1.82, 2.24) is 9.13 Å².